The van der Waals surface area contributed by atoms with Crippen LogP contribution in [-0.2, 0) is 33.5 Å². The van der Waals surface area contributed by atoms with Crippen LogP contribution in [0.4, 0.5) is 0 Å². The van der Waals surface area contributed by atoms with E-state index in [1.54, 1.807) is 22.9 Å². The topological polar surface area (TPSA) is 72.3 Å². The molecule has 0 aliphatic heterocycles. The lowest BCUT2D eigenvalue weighted by Gasteiger charge is -2.25. The monoisotopic (exact) mass is 451 g/mol. The van der Waals surface area contributed by atoms with Gasteiger partial charge in [-0.3, -0.25) is 4.79 Å². The Kier molecular flexibility index (Phi) is 6.46. The van der Waals surface area contributed by atoms with Crippen LogP contribution in [0.5, 0.6) is 0 Å². The molecule has 7 heteroatoms. The number of nitrogens with zero attached hydrogens (tertiary/aromatic N) is 3. The smallest absolute Gasteiger partial charge is 0.228 e. The largest absolute Gasteiger partial charge is 0.334 e. The van der Waals surface area contributed by atoms with E-state index in [1.807, 2.05) is 67.3 Å². The van der Waals surface area contributed by atoms with E-state index in [-0.39, 0.29) is 28.8 Å². The van der Waals surface area contributed by atoms with E-state index in [2.05, 4.69) is 4.98 Å². The second-order valence-corrected chi connectivity index (χ2v) is 10.6. The van der Waals surface area contributed by atoms with Crippen molar-refractivity contribution >= 4 is 15.7 Å². The lowest BCUT2D eigenvalue weighted by atomic mass is 10.2. The third-order valence-electron chi connectivity index (χ3n) is 5.66. The fourth-order valence-corrected chi connectivity index (χ4v) is 5.33. The minimum atomic E-state index is -3.67. The summed E-state index contributed by atoms with van der Waals surface area (Å²) in [6.45, 7) is 4.54. The average molecular weight is 452 g/mol. The summed E-state index contributed by atoms with van der Waals surface area (Å²) in [4.78, 5) is 19.1. The van der Waals surface area contributed by atoms with E-state index in [1.165, 1.54) is 0 Å². The highest BCUT2D eigenvalue weighted by Crippen LogP contribution is 2.30. The number of amides is 1. The molecule has 3 aromatic rings. The highest BCUT2D eigenvalue weighted by molar-refractivity contribution is 7.90. The number of aromatic nitrogens is 2. The standard InChI is InChI=1S/C25H29N3O3S/c1-19(2)24(29)27(22-13-14-22)17-23-15-26-25(28(23)16-20-9-5-3-6-10-20)32(30,31)18-21-11-7-4-8-12-21/h3-12,15,19,22H,13-14,16-18H2,1-2H3. The molecule has 6 nitrogen and oxygen atoms in total. The van der Waals surface area contributed by atoms with Crippen LogP contribution in [0.1, 0.15) is 43.5 Å². The molecule has 1 heterocycles. The zero-order valence-corrected chi connectivity index (χ0v) is 19.3. The van der Waals surface area contributed by atoms with Gasteiger partial charge in [0.25, 0.3) is 0 Å². The van der Waals surface area contributed by atoms with Crippen LogP contribution in [0.25, 0.3) is 0 Å². The van der Waals surface area contributed by atoms with Gasteiger partial charge in [0.2, 0.25) is 20.9 Å². The average Bonchev–Trinajstić information content (AvgIpc) is 3.54. The van der Waals surface area contributed by atoms with Crippen LogP contribution >= 0.6 is 0 Å². The highest BCUT2D eigenvalue weighted by Gasteiger charge is 2.35. The molecule has 0 spiro atoms. The second kappa shape index (κ2) is 9.28. The molecule has 168 valence electrons. The molecule has 2 aromatic carbocycles. The Morgan fingerprint density at radius 3 is 2.19 bits per heavy atom. The van der Waals surface area contributed by atoms with Crippen LogP contribution in [0.2, 0.25) is 0 Å². The fourth-order valence-electron chi connectivity index (χ4n) is 3.84. The minimum absolute atomic E-state index is 0.0490. The first kappa shape index (κ1) is 22.3. The minimum Gasteiger partial charge on any atom is -0.334 e. The van der Waals surface area contributed by atoms with E-state index in [0.717, 1.165) is 29.7 Å². The van der Waals surface area contributed by atoms with E-state index >= 15 is 0 Å². The van der Waals surface area contributed by atoms with Crippen molar-refractivity contribution in [1.29, 1.82) is 0 Å². The Bertz CT molecular complexity index is 1170. The normalized spacial score (nSPS) is 14.0. The zero-order valence-electron chi connectivity index (χ0n) is 18.5. The summed E-state index contributed by atoms with van der Waals surface area (Å²) < 4.78 is 28.4. The van der Waals surface area contributed by atoms with Gasteiger partial charge in [0.15, 0.2) is 0 Å². The van der Waals surface area contributed by atoms with Gasteiger partial charge in [0, 0.05) is 12.0 Å². The van der Waals surface area contributed by atoms with Gasteiger partial charge < -0.3 is 9.47 Å². The molecule has 0 bridgehead atoms. The summed E-state index contributed by atoms with van der Waals surface area (Å²) in [7, 11) is -3.67. The van der Waals surface area contributed by atoms with Gasteiger partial charge in [-0.1, -0.05) is 74.5 Å². The van der Waals surface area contributed by atoms with Gasteiger partial charge >= 0.3 is 0 Å². The molecule has 0 saturated heterocycles. The van der Waals surface area contributed by atoms with Crippen molar-refractivity contribution in [2.24, 2.45) is 5.92 Å². The maximum absolute atomic E-state index is 13.3. The Labute approximate surface area is 189 Å². The molecule has 0 unspecified atom stereocenters. The van der Waals surface area contributed by atoms with Crippen molar-refractivity contribution in [2.45, 2.75) is 56.7 Å². The van der Waals surface area contributed by atoms with Crippen LogP contribution in [0.15, 0.2) is 72.0 Å². The van der Waals surface area contributed by atoms with E-state index < -0.39 is 9.84 Å². The molecule has 0 radical (unpaired) electrons. The number of benzene rings is 2. The molecule has 1 aliphatic rings. The number of carbonyl (C=O) groups excluding carboxylic acids is 1. The number of hydrogen-bond donors (Lipinski definition) is 0. The van der Waals surface area contributed by atoms with Crippen molar-refractivity contribution in [2.75, 3.05) is 0 Å². The Morgan fingerprint density at radius 2 is 1.62 bits per heavy atom. The highest BCUT2D eigenvalue weighted by atomic mass is 32.2. The molecule has 1 fully saturated rings. The molecule has 1 amide bonds. The number of rotatable bonds is 9. The Hall–Kier alpha value is -2.93. The maximum Gasteiger partial charge on any atom is 0.228 e. The van der Waals surface area contributed by atoms with Crippen molar-refractivity contribution in [3.63, 3.8) is 0 Å². The van der Waals surface area contributed by atoms with Crippen molar-refractivity contribution < 1.29 is 13.2 Å². The van der Waals surface area contributed by atoms with Crippen LogP contribution in [0.3, 0.4) is 0 Å². The zero-order chi connectivity index (χ0) is 22.7. The summed E-state index contributed by atoms with van der Waals surface area (Å²) in [5.74, 6) is -0.132. The summed E-state index contributed by atoms with van der Waals surface area (Å²) in [6.07, 6.45) is 3.60. The summed E-state index contributed by atoms with van der Waals surface area (Å²) in [6, 6.07) is 19.1. The fraction of sp³-hybridized carbons (Fsp3) is 0.360. The van der Waals surface area contributed by atoms with Crippen molar-refractivity contribution in [1.82, 2.24) is 14.5 Å². The van der Waals surface area contributed by atoms with Gasteiger partial charge in [-0.2, -0.15) is 0 Å². The van der Waals surface area contributed by atoms with E-state index in [4.69, 9.17) is 0 Å². The summed E-state index contributed by atoms with van der Waals surface area (Å²) in [5.41, 5.74) is 2.44. The number of hydrogen-bond acceptors (Lipinski definition) is 4. The SMILES string of the molecule is CC(C)C(=O)N(Cc1cnc(S(=O)(=O)Cc2ccccc2)n1Cc1ccccc1)C1CC1. The quantitative estimate of drug-likeness (QED) is 0.492. The van der Waals surface area contributed by atoms with Crippen molar-refractivity contribution in [3.8, 4) is 0 Å². The number of sulfone groups is 1. The third-order valence-corrected chi connectivity index (χ3v) is 7.26. The van der Waals surface area contributed by atoms with Gasteiger partial charge in [0.1, 0.15) is 0 Å². The number of carbonyl (C=O) groups is 1. The molecule has 1 aromatic heterocycles. The van der Waals surface area contributed by atoms with Gasteiger partial charge in [-0.15, -0.1) is 0 Å². The molecule has 4 rings (SSSR count). The van der Waals surface area contributed by atoms with Crippen molar-refractivity contribution in [3.05, 3.63) is 83.7 Å². The predicted molar refractivity (Wildman–Crippen MR) is 124 cm³/mol. The van der Waals surface area contributed by atoms with E-state index in [0.29, 0.717) is 13.1 Å². The first-order chi connectivity index (χ1) is 15.3. The molecule has 0 atom stereocenters. The maximum atomic E-state index is 13.3. The molecular weight excluding hydrogens is 422 g/mol. The lowest BCUT2D eigenvalue weighted by Crippen LogP contribution is -2.36. The summed E-state index contributed by atoms with van der Waals surface area (Å²) >= 11 is 0. The van der Waals surface area contributed by atoms with Crippen LogP contribution in [-0.4, -0.2) is 34.8 Å². The van der Waals surface area contributed by atoms with Gasteiger partial charge in [-0.25, -0.2) is 13.4 Å². The Morgan fingerprint density at radius 1 is 1.03 bits per heavy atom. The van der Waals surface area contributed by atoms with Crippen LogP contribution < -0.4 is 0 Å². The molecule has 1 saturated carbocycles. The second-order valence-electron chi connectivity index (χ2n) is 8.70. The van der Waals surface area contributed by atoms with Gasteiger partial charge in [-0.05, 0) is 24.0 Å². The summed E-state index contributed by atoms with van der Waals surface area (Å²) in [5, 5.41) is 0.0490. The molecular formula is C25H29N3O3S. The van der Waals surface area contributed by atoms with E-state index in [9.17, 15) is 13.2 Å². The molecule has 32 heavy (non-hydrogen) atoms. The predicted octanol–water partition coefficient (Wildman–Crippen LogP) is 4.05. The molecule has 1 aliphatic carbocycles. The molecule has 0 N–H and O–H groups in total. The third kappa shape index (κ3) is 5.10. The van der Waals surface area contributed by atoms with Crippen LogP contribution in [0, 0.1) is 5.92 Å². The first-order valence-corrected chi connectivity index (χ1v) is 12.7. The lowest BCUT2D eigenvalue weighted by molar-refractivity contribution is -0.135. The Balaban J connectivity index is 1.70. The van der Waals surface area contributed by atoms with Gasteiger partial charge in [0.05, 0.1) is 30.7 Å². The first-order valence-electron chi connectivity index (χ1n) is 11.0. The number of imidazole rings is 1.